The molecule has 7 heteroatoms. The summed E-state index contributed by atoms with van der Waals surface area (Å²) in [7, 11) is 0. The molecule has 4 rings (SSSR count). The largest absolute Gasteiger partial charge is 0.348 e. The summed E-state index contributed by atoms with van der Waals surface area (Å²) in [6, 6.07) is 18.4. The van der Waals surface area contributed by atoms with E-state index in [4.69, 9.17) is 23.2 Å². The molecule has 5 nitrogen and oxygen atoms in total. The van der Waals surface area contributed by atoms with Crippen LogP contribution in [0.5, 0.6) is 0 Å². The standard InChI is InChI=1S/C25H25Cl2N3O2/c1-17(2)30(25(32)20-11-10-19(26)15-21(20)27)16-23(31)29-14-13-28-12-6-9-22(28)24(29)18-7-4-3-5-8-18/h3-12,15,17,24H,13-14,16H2,1-2H3. The van der Waals surface area contributed by atoms with Crippen molar-refractivity contribution in [1.82, 2.24) is 14.4 Å². The van der Waals surface area contributed by atoms with Gasteiger partial charge in [-0.1, -0.05) is 53.5 Å². The molecule has 1 atom stereocenters. The Morgan fingerprint density at radius 1 is 1.03 bits per heavy atom. The fourth-order valence-electron chi connectivity index (χ4n) is 4.18. The topological polar surface area (TPSA) is 45.6 Å². The van der Waals surface area contributed by atoms with E-state index in [0.29, 0.717) is 17.1 Å². The summed E-state index contributed by atoms with van der Waals surface area (Å²) in [6.45, 7) is 5.05. The van der Waals surface area contributed by atoms with E-state index >= 15 is 0 Å². The van der Waals surface area contributed by atoms with Crippen LogP contribution >= 0.6 is 23.2 Å². The van der Waals surface area contributed by atoms with Crippen LogP contribution in [-0.2, 0) is 11.3 Å². The molecule has 0 spiro atoms. The van der Waals surface area contributed by atoms with Gasteiger partial charge in [-0.05, 0) is 49.7 Å². The van der Waals surface area contributed by atoms with Gasteiger partial charge in [-0.3, -0.25) is 9.59 Å². The van der Waals surface area contributed by atoms with Gasteiger partial charge in [0.1, 0.15) is 6.54 Å². The number of amides is 2. The molecule has 0 N–H and O–H groups in total. The van der Waals surface area contributed by atoms with Crippen molar-refractivity contribution >= 4 is 35.0 Å². The molecule has 32 heavy (non-hydrogen) atoms. The van der Waals surface area contributed by atoms with Crippen molar-refractivity contribution in [2.45, 2.75) is 32.5 Å². The number of nitrogens with zero attached hydrogens (tertiary/aromatic N) is 3. The van der Waals surface area contributed by atoms with Crippen LogP contribution in [0.3, 0.4) is 0 Å². The SMILES string of the molecule is CC(C)N(CC(=O)N1CCn2cccc2C1c1ccccc1)C(=O)c1ccc(Cl)cc1Cl. The number of hydrogen-bond donors (Lipinski definition) is 0. The minimum atomic E-state index is -0.285. The third-order valence-corrected chi connectivity index (χ3v) is 6.37. The Kier molecular flexibility index (Phi) is 6.58. The minimum Gasteiger partial charge on any atom is -0.348 e. The number of halogens is 2. The zero-order valence-corrected chi connectivity index (χ0v) is 19.6. The molecular formula is C25H25Cl2N3O2. The van der Waals surface area contributed by atoms with Crippen molar-refractivity contribution < 1.29 is 9.59 Å². The summed E-state index contributed by atoms with van der Waals surface area (Å²) in [5.74, 6) is -0.384. The zero-order chi connectivity index (χ0) is 22.8. The number of rotatable bonds is 5. The molecule has 1 aliphatic heterocycles. The lowest BCUT2D eigenvalue weighted by atomic mass is 9.99. The van der Waals surface area contributed by atoms with Crippen LogP contribution in [0.15, 0.2) is 66.9 Å². The van der Waals surface area contributed by atoms with E-state index in [1.54, 1.807) is 23.1 Å². The molecule has 0 fully saturated rings. The molecule has 2 aromatic carbocycles. The Bertz CT molecular complexity index is 1130. The van der Waals surface area contributed by atoms with Gasteiger partial charge < -0.3 is 14.4 Å². The molecule has 0 aliphatic carbocycles. The summed E-state index contributed by atoms with van der Waals surface area (Å²) in [5.41, 5.74) is 2.45. The Balaban J connectivity index is 1.62. The first-order valence-corrected chi connectivity index (χ1v) is 11.4. The lowest BCUT2D eigenvalue weighted by Crippen LogP contribution is -2.49. The maximum absolute atomic E-state index is 13.6. The molecule has 1 unspecified atom stereocenters. The van der Waals surface area contributed by atoms with Crippen LogP contribution in [0, 0.1) is 0 Å². The first-order chi connectivity index (χ1) is 15.4. The van der Waals surface area contributed by atoms with Crippen LogP contribution in [-0.4, -0.2) is 45.3 Å². The Morgan fingerprint density at radius 3 is 2.47 bits per heavy atom. The molecule has 0 radical (unpaired) electrons. The number of hydrogen-bond acceptors (Lipinski definition) is 2. The summed E-state index contributed by atoms with van der Waals surface area (Å²) in [5, 5.41) is 0.735. The molecular weight excluding hydrogens is 445 g/mol. The molecule has 0 saturated carbocycles. The van der Waals surface area contributed by atoms with Crippen molar-refractivity contribution in [3.05, 3.63) is 93.7 Å². The van der Waals surface area contributed by atoms with E-state index in [0.717, 1.165) is 17.8 Å². The first kappa shape index (κ1) is 22.4. The van der Waals surface area contributed by atoms with Gasteiger partial charge in [-0.15, -0.1) is 0 Å². The van der Waals surface area contributed by atoms with E-state index < -0.39 is 0 Å². The first-order valence-electron chi connectivity index (χ1n) is 10.6. The molecule has 0 bridgehead atoms. The van der Waals surface area contributed by atoms with Crippen LogP contribution in [0.4, 0.5) is 0 Å². The number of fused-ring (bicyclic) bond motifs is 1. The highest BCUT2D eigenvalue weighted by Gasteiger charge is 2.34. The van der Waals surface area contributed by atoms with Crippen molar-refractivity contribution in [2.24, 2.45) is 0 Å². The van der Waals surface area contributed by atoms with Gasteiger partial charge >= 0.3 is 0 Å². The molecule has 3 aromatic rings. The van der Waals surface area contributed by atoms with Crippen molar-refractivity contribution in [1.29, 1.82) is 0 Å². The van der Waals surface area contributed by atoms with Crippen molar-refractivity contribution in [3.63, 3.8) is 0 Å². The second-order valence-corrected chi connectivity index (χ2v) is 9.02. The molecule has 1 aliphatic rings. The summed E-state index contributed by atoms with van der Waals surface area (Å²) >= 11 is 12.3. The molecule has 2 heterocycles. The van der Waals surface area contributed by atoms with Gasteiger partial charge in [-0.2, -0.15) is 0 Å². The van der Waals surface area contributed by atoms with Gasteiger partial charge in [0, 0.05) is 36.0 Å². The summed E-state index contributed by atoms with van der Waals surface area (Å²) < 4.78 is 2.18. The van der Waals surface area contributed by atoms with E-state index in [-0.39, 0.29) is 35.5 Å². The quantitative estimate of drug-likeness (QED) is 0.510. The number of carbonyl (C=O) groups excluding carboxylic acids is 2. The zero-order valence-electron chi connectivity index (χ0n) is 18.0. The lowest BCUT2D eigenvalue weighted by Gasteiger charge is -2.39. The maximum Gasteiger partial charge on any atom is 0.256 e. The van der Waals surface area contributed by atoms with Crippen molar-refractivity contribution in [2.75, 3.05) is 13.1 Å². The normalized spacial score (nSPS) is 15.5. The van der Waals surface area contributed by atoms with E-state index in [1.165, 1.54) is 0 Å². The third-order valence-electron chi connectivity index (χ3n) is 5.83. The van der Waals surface area contributed by atoms with E-state index in [2.05, 4.69) is 10.6 Å². The lowest BCUT2D eigenvalue weighted by molar-refractivity contribution is -0.135. The Morgan fingerprint density at radius 2 is 1.78 bits per heavy atom. The monoisotopic (exact) mass is 469 g/mol. The van der Waals surface area contributed by atoms with E-state index in [1.807, 2.05) is 61.3 Å². The summed E-state index contributed by atoms with van der Waals surface area (Å²) in [6.07, 6.45) is 2.04. The molecule has 166 valence electrons. The molecule has 1 aromatic heterocycles. The number of carbonyl (C=O) groups is 2. The predicted molar refractivity (Wildman–Crippen MR) is 127 cm³/mol. The highest BCUT2D eigenvalue weighted by molar-refractivity contribution is 6.36. The fraction of sp³-hybridized carbons (Fsp3) is 0.280. The second kappa shape index (κ2) is 9.39. The van der Waals surface area contributed by atoms with E-state index in [9.17, 15) is 9.59 Å². The van der Waals surface area contributed by atoms with Crippen LogP contribution < -0.4 is 0 Å². The van der Waals surface area contributed by atoms with Gasteiger partial charge in [0.2, 0.25) is 5.91 Å². The minimum absolute atomic E-state index is 0.0283. The fourth-order valence-corrected chi connectivity index (χ4v) is 4.67. The Labute approximate surface area is 198 Å². The van der Waals surface area contributed by atoms with Gasteiger partial charge in [0.15, 0.2) is 0 Å². The smallest absolute Gasteiger partial charge is 0.256 e. The highest BCUT2D eigenvalue weighted by atomic mass is 35.5. The maximum atomic E-state index is 13.6. The molecule has 0 saturated heterocycles. The number of benzene rings is 2. The average molecular weight is 470 g/mol. The van der Waals surface area contributed by atoms with Crippen LogP contribution in [0.1, 0.15) is 41.5 Å². The third kappa shape index (κ3) is 4.41. The highest BCUT2D eigenvalue weighted by Crippen LogP contribution is 2.32. The Hall–Kier alpha value is -2.76. The van der Waals surface area contributed by atoms with Crippen molar-refractivity contribution in [3.8, 4) is 0 Å². The second-order valence-electron chi connectivity index (χ2n) is 8.18. The predicted octanol–water partition coefficient (Wildman–Crippen LogP) is 5.28. The van der Waals surface area contributed by atoms with Crippen LogP contribution in [0.2, 0.25) is 10.0 Å². The molecule has 2 amide bonds. The average Bonchev–Trinajstić information content (AvgIpc) is 3.25. The van der Waals surface area contributed by atoms with Crippen LogP contribution in [0.25, 0.3) is 0 Å². The summed E-state index contributed by atoms with van der Waals surface area (Å²) in [4.78, 5) is 30.3. The van der Waals surface area contributed by atoms with Gasteiger partial charge in [0.05, 0.1) is 16.6 Å². The van der Waals surface area contributed by atoms with Gasteiger partial charge in [-0.25, -0.2) is 0 Å². The van der Waals surface area contributed by atoms with Gasteiger partial charge in [0.25, 0.3) is 5.91 Å². The number of aromatic nitrogens is 1.